The lowest BCUT2D eigenvalue weighted by atomic mass is 9.93. The van der Waals surface area contributed by atoms with Crippen molar-refractivity contribution >= 4 is 44.9 Å². The van der Waals surface area contributed by atoms with Crippen LogP contribution in [0.25, 0.3) is 5.65 Å². The van der Waals surface area contributed by atoms with E-state index in [1.165, 1.54) is 0 Å². The number of hydrogen-bond donors (Lipinski definition) is 2. The maximum absolute atomic E-state index is 13.0. The molecule has 9 heteroatoms. The molecule has 2 amide bonds. The number of aromatic nitrogens is 3. The number of hydrogen-bond acceptors (Lipinski definition) is 5. The van der Waals surface area contributed by atoms with Crippen molar-refractivity contribution in [2.45, 2.75) is 33.1 Å². The van der Waals surface area contributed by atoms with Gasteiger partial charge in [-0.05, 0) is 58.7 Å². The van der Waals surface area contributed by atoms with Gasteiger partial charge < -0.3 is 9.84 Å². The van der Waals surface area contributed by atoms with Gasteiger partial charge in [-0.2, -0.15) is 0 Å². The third-order valence-corrected chi connectivity index (χ3v) is 5.75. The summed E-state index contributed by atoms with van der Waals surface area (Å²) in [5, 5.41) is 9.21. The molecule has 164 valence electrons. The SMILES string of the molecule is Cc1cc2ncc(C(=O)c3ccc(NC(=O)Nc4cc(C(C)(C)C)on4)cc3)n2cc1Br. The number of ketones is 1. The molecule has 32 heavy (non-hydrogen) atoms. The standard InChI is InChI=1S/C23H22BrN5O3/c1-13-9-20-25-11-17(29(20)12-16(13)24)21(30)14-5-7-15(8-6-14)26-22(31)27-19-10-18(32-28-19)23(2,3)4/h5-12H,1-4H3,(H2,26,27,28,31). The summed E-state index contributed by atoms with van der Waals surface area (Å²) in [5.41, 5.74) is 3.01. The summed E-state index contributed by atoms with van der Waals surface area (Å²) in [6.45, 7) is 7.95. The van der Waals surface area contributed by atoms with E-state index in [4.69, 9.17) is 4.52 Å². The smallest absolute Gasteiger partial charge is 0.324 e. The van der Waals surface area contributed by atoms with E-state index in [1.54, 1.807) is 40.9 Å². The van der Waals surface area contributed by atoms with Crippen LogP contribution in [0.5, 0.6) is 0 Å². The monoisotopic (exact) mass is 495 g/mol. The minimum absolute atomic E-state index is 0.165. The van der Waals surface area contributed by atoms with Gasteiger partial charge in [0.2, 0.25) is 5.78 Å². The summed E-state index contributed by atoms with van der Waals surface area (Å²) in [6, 6.07) is 9.80. The molecule has 3 aromatic heterocycles. The summed E-state index contributed by atoms with van der Waals surface area (Å²) in [5.74, 6) is 0.833. The van der Waals surface area contributed by atoms with Crippen LogP contribution in [0.1, 0.15) is 48.1 Å². The lowest BCUT2D eigenvalue weighted by Gasteiger charge is -2.12. The normalized spacial score (nSPS) is 11.5. The largest absolute Gasteiger partial charge is 0.359 e. The van der Waals surface area contributed by atoms with Gasteiger partial charge in [0.15, 0.2) is 5.82 Å². The Hall–Kier alpha value is -3.46. The molecule has 0 unspecified atom stereocenters. The third kappa shape index (κ3) is 4.43. The molecule has 0 aliphatic heterocycles. The Balaban J connectivity index is 1.45. The first kappa shape index (κ1) is 21.8. The zero-order valence-corrected chi connectivity index (χ0v) is 19.6. The molecule has 0 aliphatic carbocycles. The fourth-order valence-corrected chi connectivity index (χ4v) is 3.40. The molecular weight excluding hydrogens is 474 g/mol. The zero-order valence-electron chi connectivity index (χ0n) is 18.1. The second-order valence-electron chi connectivity index (χ2n) is 8.49. The lowest BCUT2D eigenvalue weighted by molar-refractivity contribution is 0.103. The highest BCUT2D eigenvalue weighted by Gasteiger charge is 2.20. The Bertz CT molecular complexity index is 1320. The maximum atomic E-state index is 13.0. The van der Waals surface area contributed by atoms with Gasteiger partial charge in [0.05, 0.1) is 6.20 Å². The van der Waals surface area contributed by atoms with Gasteiger partial charge in [-0.15, -0.1) is 0 Å². The summed E-state index contributed by atoms with van der Waals surface area (Å²) in [6.07, 6.45) is 3.40. The fraction of sp³-hybridized carbons (Fsp3) is 0.217. The van der Waals surface area contributed by atoms with E-state index >= 15 is 0 Å². The average molecular weight is 496 g/mol. The Kier molecular flexibility index (Phi) is 5.60. The number of anilines is 2. The molecule has 4 rings (SSSR count). The van der Waals surface area contributed by atoms with Crippen molar-refractivity contribution in [3.63, 3.8) is 0 Å². The minimum Gasteiger partial charge on any atom is -0.359 e. The van der Waals surface area contributed by atoms with Crippen LogP contribution in [0, 0.1) is 6.92 Å². The Morgan fingerprint density at radius 2 is 1.81 bits per heavy atom. The number of imidazole rings is 1. The molecule has 0 bridgehead atoms. The summed E-state index contributed by atoms with van der Waals surface area (Å²) in [4.78, 5) is 29.6. The fourth-order valence-electron chi connectivity index (χ4n) is 3.08. The van der Waals surface area contributed by atoms with Crippen LogP contribution in [0.3, 0.4) is 0 Å². The van der Waals surface area contributed by atoms with Crippen molar-refractivity contribution in [2.75, 3.05) is 10.6 Å². The van der Waals surface area contributed by atoms with Crippen LogP contribution in [0.15, 0.2) is 57.8 Å². The second kappa shape index (κ2) is 8.23. The van der Waals surface area contributed by atoms with Gasteiger partial charge in [-0.1, -0.05) is 25.9 Å². The van der Waals surface area contributed by atoms with E-state index in [9.17, 15) is 9.59 Å². The number of aryl methyl sites for hydroxylation is 1. The highest BCUT2D eigenvalue weighted by Crippen LogP contribution is 2.25. The van der Waals surface area contributed by atoms with Crippen LogP contribution in [0.4, 0.5) is 16.3 Å². The molecule has 3 heterocycles. The summed E-state index contributed by atoms with van der Waals surface area (Å²) >= 11 is 3.49. The number of urea groups is 1. The van der Waals surface area contributed by atoms with Crippen molar-refractivity contribution in [1.82, 2.24) is 14.5 Å². The molecule has 0 saturated heterocycles. The number of pyridine rings is 1. The van der Waals surface area contributed by atoms with Crippen molar-refractivity contribution in [2.24, 2.45) is 0 Å². The molecule has 0 atom stereocenters. The molecule has 0 fully saturated rings. The lowest BCUT2D eigenvalue weighted by Crippen LogP contribution is -2.19. The molecule has 0 spiro atoms. The Labute approximate surface area is 193 Å². The molecule has 1 aromatic carbocycles. The minimum atomic E-state index is -0.458. The van der Waals surface area contributed by atoms with Gasteiger partial charge >= 0.3 is 6.03 Å². The summed E-state index contributed by atoms with van der Waals surface area (Å²) in [7, 11) is 0. The Morgan fingerprint density at radius 3 is 2.47 bits per heavy atom. The highest BCUT2D eigenvalue weighted by atomic mass is 79.9. The number of nitrogens with zero attached hydrogens (tertiary/aromatic N) is 3. The van der Waals surface area contributed by atoms with E-state index < -0.39 is 6.03 Å². The first-order chi connectivity index (χ1) is 15.1. The molecule has 0 radical (unpaired) electrons. The molecule has 8 nitrogen and oxygen atoms in total. The van der Waals surface area contributed by atoms with Crippen LogP contribution >= 0.6 is 15.9 Å². The molecule has 0 saturated carbocycles. The summed E-state index contributed by atoms with van der Waals surface area (Å²) < 4.78 is 7.91. The van der Waals surface area contributed by atoms with Gasteiger partial charge in [0.1, 0.15) is 17.1 Å². The first-order valence-electron chi connectivity index (χ1n) is 9.95. The maximum Gasteiger partial charge on any atom is 0.324 e. The van der Waals surface area contributed by atoms with E-state index in [2.05, 4.69) is 36.7 Å². The number of benzene rings is 1. The van der Waals surface area contributed by atoms with Crippen molar-refractivity contribution < 1.29 is 14.1 Å². The predicted octanol–water partition coefficient (Wildman–Crippen LogP) is 5.57. The first-order valence-corrected chi connectivity index (χ1v) is 10.7. The quantitative estimate of drug-likeness (QED) is 0.360. The van der Waals surface area contributed by atoms with Gasteiger partial charge in [-0.3, -0.25) is 14.5 Å². The van der Waals surface area contributed by atoms with Gasteiger partial charge in [0, 0.05) is 33.4 Å². The van der Waals surface area contributed by atoms with E-state index in [-0.39, 0.29) is 11.2 Å². The van der Waals surface area contributed by atoms with Crippen LogP contribution in [-0.2, 0) is 5.41 Å². The van der Waals surface area contributed by atoms with Gasteiger partial charge in [-0.25, -0.2) is 9.78 Å². The van der Waals surface area contributed by atoms with Crippen LogP contribution < -0.4 is 10.6 Å². The van der Waals surface area contributed by atoms with E-state index in [1.807, 2.05) is 40.0 Å². The predicted molar refractivity (Wildman–Crippen MR) is 125 cm³/mol. The molecule has 0 aliphatic rings. The second-order valence-corrected chi connectivity index (χ2v) is 9.34. The van der Waals surface area contributed by atoms with Crippen molar-refractivity contribution in [3.05, 3.63) is 75.8 Å². The number of nitrogens with one attached hydrogen (secondary N) is 2. The van der Waals surface area contributed by atoms with E-state index in [0.717, 1.165) is 10.0 Å². The van der Waals surface area contributed by atoms with E-state index in [0.29, 0.717) is 34.2 Å². The molecule has 4 aromatic rings. The van der Waals surface area contributed by atoms with Crippen LogP contribution in [-0.4, -0.2) is 26.4 Å². The van der Waals surface area contributed by atoms with Crippen LogP contribution in [0.2, 0.25) is 0 Å². The third-order valence-electron chi connectivity index (χ3n) is 4.92. The van der Waals surface area contributed by atoms with Crippen molar-refractivity contribution in [1.29, 1.82) is 0 Å². The number of carbonyl (C=O) groups excluding carboxylic acids is 2. The number of fused-ring (bicyclic) bond motifs is 1. The van der Waals surface area contributed by atoms with Crippen molar-refractivity contribution in [3.8, 4) is 0 Å². The highest BCUT2D eigenvalue weighted by molar-refractivity contribution is 9.10. The number of carbonyl (C=O) groups is 2. The zero-order chi connectivity index (χ0) is 23.0. The number of halogens is 1. The van der Waals surface area contributed by atoms with Gasteiger partial charge in [0.25, 0.3) is 0 Å². The number of rotatable bonds is 4. The Morgan fingerprint density at radius 1 is 1.09 bits per heavy atom. The number of amides is 2. The average Bonchev–Trinajstić information content (AvgIpc) is 3.35. The topological polar surface area (TPSA) is 102 Å². The molecule has 2 N–H and O–H groups in total. The molecular formula is C23H22BrN5O3.